The Hall–Kier alpha value is -3.51. The lowest BCUT2D eigenvalue weighted by Gasteiger charge is -2.07. The average Bonchev–Trinajstić information content (AvgIpc) is 3.18. The molecular formula is C24H22O6. The van der Waals surface area contributed by atoms with Crippen molar-refractivity contribution in [2.75, 3.05) is 13.2 Å². The summed E-state index contributed by atoms with van der Waals surface area (Å²) in [7, 11) is 0. The number of hydrogen-bond acceptors (Lipinski definition) is 6. The molecular weight excluding hydrogens is 384 g/mol. The quantitative estimate of drug-likeness (QED) is 0.436. The molecule has 1 N–H and O–H groups in total. The summed E-state index contributed by atoms with van der Waals surface area (Å²) in [6.07, 6.45) is 0. The Labute approximate surface area is 173 Å². The number of furan rings is 1. The number of aromatic hydroxyl groups is 1. The number of ether oxygens (including phenoxy) is 2. The Kier molecular flexibility index (Phi) is 5.59. The molecule has 4 aromatic rings. The Morgan fingerprint density at radius 1 is 0.933 bits per heavy atom. The maximum atomic E-state index is 11.9. The Morgan fingerprint density at radius 3 is 2.53 bits per heavy atom. The van der Waals surface area contributed by atoms with Gasteiger partial charge in [-0.2, -0.15) is 0 Å². The van der Waals surface area contributed by atoms with Gasteiger partial charge in [0.05, 0.1) is 18.8 Å². The van der Waals surface area contributed by atoms with Gasteiger partial charge in [-0.3, -0.25) is 0 Å². The zero-order chi connectivity index (χ0) is 21.1. The fourth-order valence-electron chi connectivity index (χ4n) is 3.16. The molecule has 0 bridgehead atoms. The molecule has 4 rings (SSSR count). The molecule has 6 heteroatoms. The van der Waals surface area contributed by atoms with Gasteiger partial charge in [-0.15, -0.1) is 0 Å². The van der Waals surface area contributed by atoms with Crippen LogP contribution in [0, 0.1) is 13.8 Å². The van der Waals surface area contributed by atoms with Crippen LogP contribution in [0.4, 0.5) is 0 Å². The molecule has 0 unspecified atom stereocenters. The molecule has 30 heavy (non-hydrogen) atoms. The van der Waals surface area contributed by atoms with Gasteiger partial charge in [0.2, 0.25) is 0 Å². The lowest BCUT2D eigenvalue weighted by molar-refractivity contribution is 0.0889. The number of hydrogen-bond donors (Lipinski definition) is 1. The first-order valence-electron chi connectivity index (χ1n) is 9.64. The second-order valence-corrected chi connectivity index (χ2v) is 7.01. The van der Waals surface area contributed by atoms with E-state index in [0.29, 0.717) is 42.5 Å². The highest BCUT2D eigenvalue weighted by atomic mass is 16.5. The van der Waals surface area contributed by atoms with Crippen molar-refractivity contribution in [2.24, 2.45) is 0 Å². The summed E-state index contributed by atoms with van der Waals surface area (Å²) in [5.74, 6) is 1.16. The molecule has 0 aliphatic carbocycles. The van der Waals surface area contributed by atoms with Crippen LogP contribution in [0.15, 0.2) is 68.2 Å². The smallest absolute Gasteiger partial charge is 0.343 e. The van der Waals surface area contributed by atoms with E-state index in [1.54, 1.807) is 19.1 Å². The molecule has 154 valence electrons. The minimum absolute atomic E-state index is 0.0822. The lowest BCUT2D eigenvalue weighted by Crippen LogP contribution is -2.06. The lowest BCUT2D eigenvalue weighted by atomic mass is 10.1. The third kappa shape index (κ3) is 4.09. The largest absolute Gasteiger partial charge is 0.507 e. The predicted molar refractivity (Wildman–Crippen MR) is 113 cm³/mol. The van der Waals surface area contributed by atoms with E-state index in [2.05, 4.69) is 0 Å². The van der Waals surface area contributed by atoms with Gasteiger partial charge in [-0.05, 0) is 37.6 Å². The number of benzene rings is 2. The van der Waals surface area contributed by atoms with Crippen LogP contribution in [0.1, 0.15) is 16.7 Å². The van der Waals surface area contributed by atoms with Gasteiger partial charge in [0.25, 0.3) is 0 Å². The molecule has 0 radical (unpaired) electrons. The number of fused-ring (bicyclic) bond motifs is 1. The molecule has 0 saturated heterocycles. The van der Waals surface area contributed by atoms with Crippen LogP contribution in [0.2, 0.25) is 0 Å². The summed E-state index contributed by atoms with van der Waals surface area (Å²) in [6, 6.07) is 17.2. The molecule has 6 nitrogen and oxygen atoms in total. The summed E-state index contributed by atoms with van der Waals surface area (Å²) < 4.78 is 22.6. The van der Waals surface area contributed by atoms with Gasteiger partial charge >= 0.3 is 5.63 Å². The summed E-state index contributed by atoms with van der Waals surface area (Å²) >= 11 is 0. The highest BCUT2D eigenvalue weighted by Gasteiger charge is 2.18. The zero-order valence-electron chi connectivity index (χ0n) is 16.8. The molecule has 2 aromatic carbocycles. The normalized spacial score (nSPS) is 11.1. The fourth-order valence-corrected chi connectivity index (χ4v) is 3.16. The standard InChI is InChI=1S/C24H22O6/c1-15-22(25)16(2)24(26)30-23(15)21-12-18-8-9-19(13-20(18)29-21)28-11-10-27-14-17-6-4-3-5-7-17/h3-9,12-13,25H,10-11,14H2,1-2H3. The second-order valence-electron chi connectivity index (χ2n) is 7.01. The third-order valence-corrected chi connectivity index (χ3v) is 4.88. The van der Waals surface area contributed by atoms with Crippen LogP contribution in [-0.2, 0) is 11.3 Å². The second kappa shape index (κ2) is 8.47. The maximum absolute atomic E-state index is 11.9. The highest BCUT2D eigenvalue weighted by Crippen LogP contribution is 2.34. The minimum Gasteiger partial charge on any atom is -0.507 e. The van der Waals surface area contributed by atoms with Gasteiger partial charge in [-0.1, -0.05) is 30.3 Å². The Bertz CT molecular complexity index is 1220. The average molecular weight is 406 g/mol. The van der Waals surface area contributed by atoms with E-state index in [1.165, 1.54) is 6.92 Å². The van der Waals surface area contributed by atoms with Gasteiger partial charge in [0, 0.05) is 17.0 Å². The molecule has 0 atom stereocenters. The first-order chi connectivity index (χ1) is 14.5. The van der Waals surface area contributed by atoms with Crippen LogP contribution in [0.5, 0.6) is 11.5 Å². The summed E-state index contributed by atoms with van der Waals surface area (Å²) in [6.45, 7) is 4.61. The molecule has 0 aliphatic heterocycles. The van der Waals surface area contributed by atoms with Crippen LogP contribution in [0.3, 0.4) is 0 Å². The summed E-state index contributed by atoms with van der Waals surface area (Å²) in [5.41, 5.74) is 1.75. The summed E-state index contributed by atoms with van der Waals surface area (Å²) in [5, 5.41) is 11.0. The fraction of sp³-hybridized carbons (Fsp3) is 0.208. The van der Waals surface area contributed by atoms with Crippen LogP contribution >= 0.6 is 0 Å². The van der Waals surface area contributed by atoms with Crippen molar-refractivity contribution in [3.63, 3.8) is 0 Å². The van der Waals surface area contributed by atoms with Gasteiger partial charge in [0.15, 0.2) is 11.5 Å². The summed E-state index contributed by atoms with van der Waals surface area (Å²) in [4.78, 5) is 11.9. The first-order valence-corrected chi connectivity index (χ1v) is 9.64. The highest BCUT2D eigenvalue weighted by molar-refractivity contribution is 5.83. The minimum atomic E-state index is -0.590. The predicted octanol–water partition coefficient (Wildman–Crippen LogP) is 4.97. The molecule has 0 aliphatic rings. The molecule has 2 aromatic heterocycles. The van der Waals surface area contributed by atoms with Crippen molar-refractivity contribution in [1.29, 1.82) is 0 Å². The van der Waals surface area contributed by atoms with Crippen LogP contribution in [0.25, 0.3) is 22.5 Å². The van der Waals surface area contributed by atoms with Crippen molar-refractivity contribution >= 4 is 11.0 Å². The van der Waals surface area contributed by atoms with Crippen molar-refractivity contribution in [3.05, 3.63) is 81.7 Å². The van der Waals surface area contributed by atoms with E-state index in [0.717, 1.165) is 10.9 Å². The van der Waals surface area contributed by atoms with Crippen LogP contribution in [-0.4, -0.2) is 18.3 Å². The topological polar surface area (TPSA) is 82.0 Å². The zero-order valence-corrected chi connectivity index (χ0v) is 16.8. The third-order valence-electron chi connectivity index (χ3n) is 4.88. The van der Waals surface area contributed by atoms with Crippen molar-refractivity contribution in [2.45, 2.75) is 20.5 Å². The van der Waals surface area contributed by atoms with Crippen molar-refractivity contribution < 1.29 is 23.4 Å². The maximum Gasteiger partial charge on any atom is 0.343 e. The first kappa shape index (κ1) is 19.8. The molecule has 2 heterocycles. The van der Waals surface area contributed by atoms with Crippen LogP contribution < -0.4 is 10.4 Å². The van der Waals surface area contributed by atoms with E-state index in [4.69, 9.17) is 18.3 Å². The van der Waals surface area contributed by atoms with Crippen molar-refractivity contribution in [1.82, 2.24) is 0 Å². The van der Waals surface area contributed by atoms with E-state index >= 15 is 0 Å². The monoisotopic (exact) mass is 406 g/mol. The number of rotatable bonds is 7. The molecule has 0 fully saturated rings. The molecule has 0 amide bonds. The Morgan fingerprint density at radius 2 is 1.73 bits per heavy atom. The van der Waals surface area contributed by atoms with Gasteiger partial charge < -0.3 is 23.4 Å². The SMILES string of the molecule is Cc1c(-c2cc3ccc(OCCOCc4ccccc4)cc3o2)oc(=O)c(C)c1O. The Balaban J connectivity index is 1.44. The molecule has 0 spiro atoms. The van der Waals surface area contributed by atoms with E-state index in [1.807, 2.05) is 42.5 Å². The van der Waals surface area contributed by atoms with E-state index in [9.17, 15) is 9.90 Å². The molecule has 0 saturated carbocycles. The van der Waals surface area contributed by atoms with Gasteiger partial charge in [-0.25, -0.2) is 4.79 Å². The van der Waals surface area contributed by atoms with E-state index < -0.39 is 5.63 Å². The van der Waals surface area contributed by atoms with Crippen molar-refractivity contribution in [3.8, 4) is 23.0 Å². The van der Waals surface area contributed by atoms with E-state index in [-0.39, 0.29) is 17.1 Å². The van der Waals surface area contributed by atoms with Gasteiger partial charge in [0.1, 0.15) is 23.7 Å².